The molecule has 1 saturated heterocycles. The van der Waals surface area contributed by atoms with Crippen molar-refractivity contribution in [3.05, 3.63) is 0 Å². The Kier molecular flexibility index (Phi) is 5.32. The van der Waals surface area contributed by atoms with Gasteiger partial charge < -0.3 is 14.8 Å². The summed E-state index contributed by atoms with van der Waals surface area (Å²) >= 11 is 0. The van der Waals surface area contributed by atoms with Gasteiger partial charge in [-0.05, 0) is 25.8 Å². The van der Waals surface area contributed by atoms with E-state index >= 15 is 0 Å². The Morgan fingerprint density at radius 3 is 2.75 bits per heavy atom. The average molecular weight is 173 g/mol. The lowest BCUT2D eigenvalue weighted by atomic mass is 10.2. The molecule has 1 heterocycles. The van der Waals surface area contributed by atoms with E-state index in [4.69, 9.17) is 9.47 Å². The number of nitrogens with one attached hydrogen (secondary N) is 1. The summed E-state index contributed by atoms with van der Waals surface area (Å²) in [7, 11) is 1.75. The fourth-order valence-electron chi connectivity index (χ4n) is 1.21. The topological polar surface area (TPSA) is 30.5 Å². The number of unbranched alkanes of at least 4 members (excludes halogenated alkanes) is 2. The van der Waals surface area contributed by atoms with Gasteiger partial charge in [-0.15, -0.1) is 0 Å². The number of methoxy groups -OCH3 is 1. The van der Waals surface area contributed by atoms with Crippen LogP contribution in [0.2, 0.25) is 0 Å². The van der Waals surface area contributed by atoms with Crippen LogP contribution in [0, 0.1) is 0 Å². The van der Waals surface area contributed by atoms with E-state index in [9.17, 15) is 0 Å². The van der Waals surface area contributed by atoms with Crippen LogP contribution in [0.1, 0.15) is 19.3 Å². The quantitative estimate of drug-likeness (QED) is 0.577. The molecule has 12 heavy (non-hydrogen) atoms. The van der Waals surface area contributed by atoms with Crippen molar-refractivity contribution >= 4 is 0 Å². The van der Waals surface area contributed by atoms with Gasteiger partial charge in [-0.1, -0.05) is 0 Å². The minimum Gasteiger partial charge on any atom is -0.385 e. The van der Waals surface area contributed by atoms with Crippen LogP contribution < -0.4 is 5.32 Å². The van der Waals surface area contributed by atoms with Crippen LogP contribution >= 0.6 is 0 Å². The van der Waals surface area contributed by atoms with Crippen LogP contribution in [0.3, 0.4) is 0 Å². The lowest BCUT2D eigenvalue weighted by Gasteiger charge is -2.26. The van der Waals surface area contributed by atoms with Gasteiger partial charge in [-0.25, -0.2) is 0 Å². The molecule has 0 aromatic heterocycles. The van der Waals surface area contributed by atoms with Crippen molar-refractivity contribution in [2.45, 2.75) is 25.3 Å². The monoisotopic (exact) mass is 173 g/mol. The van der Waals surface area contributed by atoms with Gasteiger partial charge in [-0.3, -0.25) is 0 Å². The maximum Gasteiger partial charge on any atom is 0.0643 e. The van der Waals surface area contributed by atoms with Gasteiger partial charge in [0.2, 0.25) is 0 Å². The summed E-state index contributed by atoms with van der Waals surface area (Å²) in [4.78, 5) is 0. The molecule has 3 nitrogen and oxygen atoms in total. The molecule has 1 rings (SSSR count). The molecular formula is C9H19NO2. The first-order valence-corrected chi connectivity index (χ1v) is 4.73. The first-order chi connectivity index (χ1) is 5.93. The van der Waals surface area contributed by atoms with Crippen LogP contribution in [-0.2, 0) is 9.47 Å². The number of rotatable bonds is 7. The second kappa shape index (κ2) is 6.40. The Morgan fingerprint density at radius 2 is 2.17 bits per heavy atom. The minimum atomic E-state index is 0.632. The largest absolute Gasteiger partial charge is 0.385 e. The standard InChI is InChI=1S/C9H19NO2/c1-11-6-4-2-3-5-10-9-7-12-8-9/h9-10H,2-8H2,1H3. The molecule has 0 aromatic rings. The molecule has 1 fully saturated rings. The smallest absolute Gasteiger partial charge is 0.0643 e. The van der Waals surface area contributed by atoms with Crippen molar-refractivity contribution in [1.29, 1.82) is 0 Å². The van der Waals surface area contributed by atoms with E-state index in [1.807, 2.05) is 0 Å². The van der Waals surface area contributed by atoms with Crippen molar-refractivity contribution in [3.8, 4) is 0 Å². The molecule has 0 saturated carbocycles. The van der Waals surface area contributed by atoms with Crippen LogP contribution in [0.5, 0.6) is 0 Å². The first kappa shape index (κ1) is 9.96. The maximum atomic E-state index is 5.05. The fraction of sp³-hybridized carbons (Fsp3) is 1.00. The molecular weight excluding hydrogens is 154 g/mol. The number of ether oxygens (including phenoxy) is 2. The number of hydrogen-bond acceptors (Lipinski definition) is 3. The Bertz CT molecular complexity index is 105. The molecule has 1 N–H and O–H groups in total. The molecule has 0 bridgehead atoms. The van der Waals surface area contributed by atoms with E-state index in [0.29, 0.717) is 6.04 Å². The molecule has 1 aliphatic rings. The van der Waals surface area contributed by atoms with Crippen molar-refractivity contribution in [1.82, 2.24) is 5.32 Å². The highest BCUT2D eigenvalue weighted by molar-refractivity contribution is 4.72. The van der Waals surface area contributed by atoms with E-state index in [0.717, 1.165) is 26.4 Å². The van der Waals surface area contributed by atoms with Crippen molar-refractivity contribution in [3.63, 3.8) is 0 Å². The van der Waals surface area contributed by atoms with E-state index in [1.54, 1.807) is 7.11 Å². The summed E-state index contributed by atoms with van der Waals surface area (Å²) in [6.07, 6.45) is 3.69. The van der Waals surface area contributed by atoms with Crippen molar-refractivity contribution in [2.24, 2.45) is 0 Å². The zero-order valence-corrected chi connectivity index (χ0v) is 7.84. The lowest BCUT2D eigenvalue weighted by Crippen LogP contribution is -2.46. The third kappa shape index (κ3) is 4.04. The molecule has 0 atom stereocenters. The number of hydrogen-bond donors (Lipinski definition) is 1. The van der Waals surface area contributed by atoms with Crippen LogP contribution in [0.25, 0.3) is 0 Å². The van der Waals surface area contributed by atoms with Gasteiger partial charge in [0.05, 0.1) is 19.3 Å². The summed E-state index contributed by atoms with van der Waals surface area (Å²) in [5, 5.41) is 3.43. The van der Waals surface area contributed by atoms with Crippen LogP contribution in [0.4, 0.5) is 0 Å². The third-order valence-corrected chi connectivity index (χ3v) is 2.10. The maximum absolute atomic E-state index is 5.05. The SMILES string of the molecule is COCCCCCNC1COC1. The molecule has 0 aromatic carbocycles. The predicted molar refractivity (Wildman–Crippen MR) is 48.3 cm³/mol. The lowest BCUT2D eigenvalue weighted by molar-refractivity contribution is -0.00500. The minimum absolute atomic E-state index is 0.632. The van der Waals surface area contributed by atoms with Gasteiger partial charge in [0.25, 0.3) is 0 Å². The molecule has 0 unspecified atom stereocenters. The zero-order valence-electron chi connectivity index (χ0n) is 7.84. The van der Waals surface area contributed by atoms with Gasteiger partial charge in [0.15, 0.2) is 0 Å². The van der Waals surface area contributed by atoms with Crippen molar-refractivity contribution < 1.29 is 9.47 Å². The second-order valence-corrected chi connectivity index (χ2v) is 3.24. The van der Waals surface area contributed by atoms with Crippen LogP contribution in [0.15, 0.2) is 0 Å². The molecule has 0 amide bonds. The Labute approximate surface area is 74.4 Å². The summed E-state index contributed by atoms with van der Waals surface area (Å²) in [5.74, 6) is 0. The summed E-state index contributed by atoms with van der Waals surface area (Å²) in [5.41, 5.74) is 0. The zero-order chi connectivity index (χ0) is 8.65. The molecule has 0 spiro atoms. The normalized spacial score (nSPS) is 17.8. The highest BCUT2D eigenvalue weighted by Crippen LogP contribution is 2.00. The van der Waals surface area contributed by atoms with Gasteiger partial charge in [0.1, 0.15) is 0 Å². The molecule has 3 heteroatoms. The van der Waals surface area contributed by atoms with E-state index in [1.165, 1.54) is 19.3 Å². The predicted octanol–water partition coefficient (Wildman–Crippen LogP) is 0.791. The average Bonchev–Trinajstić information content (AvgIpc) is 2.00. The van der Waals surface area contributed by atoms with Crippen LogP contribution in [-0.4, -0.2) is 39.5 Å². The van der Waals surface area contributed by atoms with Gasteiger partial charge in [-0.2, -0.15) is 0 Å². The summed E-state index contributed by atoms with van der Waals surface area (Å²) < 4.78 is 10.0. The Morgan fingerprint density at radius 1 is 1.33 bits per heavy atom. The molecule has 1 aliphatic heterocycles. The van der Waals surface area contributed by atoms with Gasteiger partial charge >= 0.3 is 0 Å². The summed E-state index contributed by atoms with van der Waals surface area (Å²) in [6, 6.07) is 0.632. The first-order valence-electron chi connectivity index (χ1n) is 4.73. The molecule has 72 valence electrons. The fourth-order valence-corrected chi connectivity index (χ4v) is 1.21. The molecule has 0 radical (unpaired) electrons. The second-order valence-electron chi connectivity index (χ2n) is 3.24. The highest BCUT2D eigenvalue weighted by atomic mass is 16.5. The van der Waals surface area contributed by atoms with Crippen molar-refractivity contribution in [2.75, 3.05) is 33.5 Å². The van der Waals surface area contributed by atoms with Gasteiger partial charge in [0, 0.05) is 13.7 Å². The Balaban J connectivity index is 1.70. The summed E-state index contributed by atoms with van der Waals surface area (Å²) in [6.45, 7) is 3.82. The molecule has 0 aliphatic carbocycles. The van der Waals surface area contributed by atoms with E-state index in [-0.39, 0.29) is 0 Å². The van der Waals surface area contributed by atoms with E-state index in [2.05, 4.69) is 5.32 Å². The third-order valence-electron chi connectivity index (χ3n) is 2.10. The Hall–Kier alpha value is -0.120. The highest BCUT2D eigenvalue weighted by Gasteiger charge is 2.16. The van der Waals surface area contributed by atoms with E-state index < -0.39 is 0 Å².